The van der Waals surface area contributed by atoms with Gasteiger partial charge in [-0.15, -0.1) is 0 Å². The number of aryl methyl sites for hydroxylation is 2. The minimum atomic E-state index is -0.289. The normalized spacial score (nSPS) is 18.7. The molecule has 0 N–H and O–H groups in total. The van der Waals surface area contributed by atoms with Gasteiger partial charge in [0.25, 0.3) is 0 Å². The molecule has 6 heteroatoms. The molecule has 2 unspecified atom stereocenters. The number of hydrogen-bond donors (Lipinski definition) is 0. The molecular formula is C30H36N6. The molecule has 0 bridgehead atoms. The van der Waals surface area contributed by atoms with Gasteiger partial charge in [-0.05, 0) is 62.4 Å². The first-order valence-corrected chi connectivity index (χ1v) is 13.0. The smallest absolute Gasteiger partial charge is 0.216 e. The van der Waals surface area contributed by atoms with Crippen molar-refractivity contribution in [3.63, 3.8) is 0 Å². The summed E-state index contributed by atoms with van der Waals surface area (Å²) in [5.74, 6) is 1.62. The maximum Gasteiger partial charge on any atom is 0.216 e. The van der Waals surface area contributed by atoms with Crippen LogP contribution in [0.15, 0.2) is 54.9 Å². The third-order valence-corrected chi connectivity index (χ3v) is 8.26. The highest BCUT2D eigenvalue weighted by Gasteiger charge is 2.47. The number of fused-ring (bicyclic) bond motifs is 4. The van der Waals surface area contributed by atoms with Crippen LogP contribution in [-0.4, -0.2) is 25.5 Å². The van der Waals surface area contributed by atoms with Crippen molar-refractivity contribution in [3.8, 4) is 5.69 Å². The van der Waals surface area contributed by atoms with Gasteiger partial charge >= 0.3 is 0 Å². The van der Waals surface area contributed by atoms with E-state index in [1.54, 1.807) is 0 Å². The quantitative estimate of drug-likeness (QED) is 0.326. The van der Waals surface area contributed by atoms with Gasteiger partial charge in [-0.1, -0.05) is 51.1 Å². The number of hydrogen-bond acceptors (Lipinski definition) is 4. The lowest BCUT2D eigenvalue weighted by Crippen LogP contribution is -2.50. The second-order valence-corrected chi connectivity index (χ2v) is 11.2. The maximum absolute atomic E-state index is 4.97. The molecule has 0 aliphatic carbocycles. The van der Waals surface area contributed by atoms with Crippen LogP contribution in [0.2, 0.25) is 0 Å². The molecule has 6 nitrogen and oxygen atoms in total. The Labute approximate surface area is 214 Å². The fourth-order valence-corrected chi connectivity index (χ4v) is 6.69. The molecule has 0 amide bonds. The maximum atomic E-state index is 4.97. The van der Waals surface area contributed by atoms with E-state index < -0.39 is 0 Å². The van der Waals surface area contributed by atoms with E-state index in [-0.39, 0.29) is 17.6 Å². The molecule has 0 saturated carbocycles. The molecule has 2 aliphatic heterocycles. The Bertz CT molecular complexity index is 1470. The molecule has 36 heavy (non-hydrogen) atoms. The van der Waals surface area contributed by atoms with Crippen molar-refractivity contribution in [2.75, 3.05) is 9.80 Å². The van der Waals surface area contributed by atoms with E-state index in [0.717, 1.165) is 11.6 Å². The van der Waals surface area contributed by atoms with Crippen molar-refractivity contribution in [2.24, 2.45) is 7.05 Å². The molecule has 2 aliphatic rings. The molecule has 186 valence electrons. The van der Waals surface area contributed by atoms with Crippen LogP contribution in [-0.2, 0) is 12.6 Å². The van der Waals surface area contributed by atoms with Gasteiger partial charge in [0.05, 0.1) is 34.0 Å². The van der Waals surface area contributed by atoms with Gasteiger partial charge in [0.1, 0.15) is 6.17 Å². The molecule has 4 heterocycles. The SMILES string of the molecule is Cc1cc(C(C)(C)N2c3cccc4c3N(c3nccn3-c3c(C(C)C)cccc3C4C)C2C)n(C)n1. The molecule has 6 rings (SSSR count). The summed E-state index contributed by atoms with van der Waals surface area (Å²) in [5.41, 5.74) is 9.77. The van der Waals surface area contributed by atoms with Crippen LogP contribution in [0.4, 0.5) is 17.3 Å². The summed E-state index contributed by atoms with van der Waals surface area (Å²) in [5, 5.41) is 4.68. The van der Waals surface area contributed by atoms with Crippen LogP contribution in [0, 0.1) is 6.92 Å². The van der Waals surface area contributed by atoms with E-state index in [1.807, 2.05) is 17.9 Å². The summed E-state index contributed by atoms with van der Waals surface area (Å²) >= 11 is 0. The average molecular weight is 481 g/mol. The zero-order valence-corrected chi connectivity index (χ0v) is 22.6. The minimum Gasteiger partial charge on any atom is -0.338 e. The van der Waals surface area contributed by atoms with Crippen LogP contribution in [0.25, 0.3) is 5.69 Å². The Morgan fingerprint density at radius 2 is 1.67 bits per heavy atom. The topological polar surface area (TPSA) is 42.1 Å². The van der Waals surface area contributed by atoms with E-state index in [2.05, 4.69) is 117 Å². The molecule has 2 aromatic heterocycles. The number of nitrogens with zero attached hydrogens (tertiary/aromatic N) is 6. The van der Waals surface area contributed by atoms with Crippen LogP contribution in [0.5, 0.6) is 0 Å². The van der Waals surface area contributed by atoms with Gasteiger partial charge in [-0.25, -0.2) is 4.98 Å². The lowest BCUT2D eigenvalue weighted by molar-refractivity contribution is 0.416. The van der Waals surface area contributed by atoms with E-state index >= 15 is 0 Å². The van der Waals surface area contributed by atoms with Crippen LogP contribution >= 0.6 is 0 Å². The predicted molar refractivity (Wildman–Crippen MR) is 147 cm³/mol. The lowest BCUT2D eigenvalue weighted by Gasteiger charge is -2.42. The molecule has 0 saturated heterocycles. The Morgan fingerprint density at radius 1 is 0.972 bits per heavy atom. The van der Waals surface area contributed by atoms with Crippen LogP contribution in [0.1, 0.15) is 81.5 Å². The molecule has 0 fully saturated rings. The fourth-order valence-electron chi connectivity index (χ4n) is 6.69. The van der Waals surface area contributed by atoms with Gasteiger partial charge in [-0.2, -0.15) is 5.10 Å². The van der Waals surface area contributed by atoms with Gasteiger partial charge in [0, 0.05) is 25.4 Å². The highest BCUT2D eigenvalue weighted by Crippen LogP contribution is 2.54. The monoisotopic (exact) mass is 480 g/mol. The first kappa shape index (κ1) is 22.9. The van der Waals surface area contributed by atoms with Crippen molar-refractivity contribution >= 4 is 17.3 Å². The third kappa shape index (κ3) is 2.96. The Hall–Kier alpha value is -3.54. The van der Waals surface area contributed by atoms with E-state index in [0.29, 0.717) is 5.92 Å². The lowest BCUT2D eigenvalue weighted by atomic mass is 9.86. The van der Waals surface area contributed by atoms with Gasteiger partial charge in [0.2, 0.25) is 5.95 Å². The number of imidazole rings is 1. The number of benzene rings is 2. The van der Waals surface area contributed by atoms with Crippen LogP contribution in [0.3, 0.4) is 0 Å². The average Bonchev–Trinajstić information content (AvgIpc) is 3.51. The standard InChI is InChI=1S/C30H36N6/c1-18(2)22-11-9-12-23-20(4)24-13-10-14-25-28(24)35(29-31-15-16-34(29)27(22)23)21(5)36(25)30(6,7)26-17-19(3)32-33(26)8/h9-18,20-21H,1-8H3. The van der Waals surface area contributed by atoms with E-state index in [4.69, 9.17) is 4.98 Å². The predicted octanol–water partition coefficient (Wildman–Crippen LogP) is 6.74. The summed E-state index contributed by atoms with van der Waals surface area (Å²) in [7, 11) is 2.05. The Morgan fingerprint density at radius 3 is 2.33 bits per heavy atom. The van der Waals surface area contributed by atoms with Crippen LogP contribution < -0.4 is 9.80 Å². The summed E-state index contributed by atoms with van der Waals surface area (Å²) in [6.45, 7) is 15.9. The van der Waals surface area contributed by atoms with Gasteiger partial charge in [0.15, 0.2) is 0 Å². The largest absolute Gasteiger partial charge is 0.338 e. The second kappa shape index (κ2) is 7.73. The van der Waals surface area contributed by atoms with E-state index in [9.17, 15) is 0 Å². The third-order valence-electron chi connectivity index (χ3n) is 8.26. The van der Waals surface area contributed by atoms with Gasteiger partial charge in [-0.3, -0.25) is 14.1 Å². The van der Waals surface area contributed by atoms with Crippen molar-refractivity contribution < 1.29 is 0 Å². The van der Waals surface area contributed by atoms with E-state index in [1.165, 1.54) is 39.4 Å². The number of anilines is 3. The van der Waals surface area contributed by atoms with Crippen molar-refractivity contribution in [2.45, 2.75) is 72.0 Å². The fraction of sp³-hybridized carbons (Fsp3) is 0.400. The first-order valence-electron chi connectivity index (χ1n) is 13.0. The first-order chi connectivity index (χ1) is 17.1. The summed E-state index contributed by atoms with van der Waals surface area (Å²) in [6, 6.07) is 15.8. The molecule has 0 radical (unpaired) electrons. The Kier molecular flexibility index (Phi) is 4.91. The number of para-hydroxylation sites is 2. The molecular weight excluding hydrogens is 444 g/mol. The van der Waals surface area contributed by atoms with Crippen molar-refractivity contribution in [1.82, 2.24) is 19.3 Å². The van der Waals surface area contributed by atoms with Gasteiger partial charge < -0.3 is 4.90 Å². The second-order valence-electron chi connectivity index (χ2n) is 11.2. The highest BCUT2D eigenvalue weighted by molar-refractivity contribution is 5.87. The minimum absolute atomic E-state index is 0.0625. The Balaban J connectivity index is 1.64. The molecule has 4 aromatic rings. The molecule has 2 aromatic carbocycles. The molecule has 2 atom stereocenters. The number of rotatable bonds is 3. The highest BCUT2D eigenvalue weighted by atomic mass is 15.5. The summed E-state index contributed by atoms with van der Waals surface area (Å²) in [6.07, 6.45) is 4.14. The zero-order valence-electron chi connectivity index (χ0n) is 22.6. The van der Waals surface area contributed by atoms with Crippen molar-refractivity contribution in [3.05, 3.63) is 82.9 Å². The summed E-state index contributed by atoms with van der Waals surface area (Å²) in [4.78, 5) is 9.97. The number of aromatic nitrogens is 4. The summed E-state index contributed by atoms with van der Waals surface area (Å²) < 4.78 is 4.35. The molecule has 0 spiro atoms. The van der Waals surface area contributed by atoms with Crippen molar-refractivity contribution in [1.29, 1.82) is 0 Å². The zero-order chi connectivity index (χ0) is 25.5.